The molecule has 2 N–H and O–H groups in total. The first-order valence-corrected chi connectivity index (χ1v) is 7.70. The lowest BCUT2D eigenvalue weighted by molar-refractivity contribution is -0.148. The number of ether oxygens (including phenoxy) is 1. The van der Waals surface area contributed by atoms with Gasteiger partial charge < -0.3 is 19.9 Å². The Labute approximate surface area is 148 Å². The fourth-order valence-electron chi connectivity index (χ4n) is 1.84. The molecule has 2 rings (SSSR count). The van der Waals surface area contributed by atoms with Gasteiger partial charge in [-0.1, -0.05) is 28.9 Å². The van der Waals surface area contributed by atoms with Crippen molar-refractivity contribution in [1.29, 1.82) is 0 Å². The SMILES string of the molecule is Cc1cc(NC(=O)COC(=O)[C@@H](C)NC(=O)c2ccccc2Cl)no1. The summed E-state index contributed by atoms with van der Waals surface area (Å²) in [7, 11) is 0. The van der Waals surface area contributed by atoms with E-state index < -0.39 is 30.4 Å². The van der Waals surface area contributed by atoms with Crippen molar-refractivity contribution in [2.75, 3.05) is 11.9 Å². The number of amides is 2. The van der Waals surface area contributed by atoms with Gasteiger partial charge in [0, 0.05) is 6.07 Å². The standard InChI is InChI=1S/C16H16ClN3O5/c1-9-7-13(20-25-9)19-14(21)8-24-16(23)10(2)18-15(22)11-5-3-4-6-12(11)17/h3-7,10H,8H2,1-2H3,(H,18,22)(H,19,20,21)/t10-/m1/s1. The molecule has 132 valence electrons. The maximum Gasteiger partial charge on any atom is 0.328 e. The molecule has 0 aliphatic heterocycles. The molecule has 0 aliphatic carbocycles. The highest BCUT2D eigenvalue weighted by Gasteiger charge is 2.20. The Morgan fingerprint density at radius 1 is 1.32 bits per heavy atom. The van der Waals surface area contributed by atoms with Crippen molar-refractivity contribution in [2.45, 2.75) is 19.9 Å². The molecule has 1 aromatic heterocycles. The van der Waals surface area contributed by atoms with Gasteiger partial charge in [-0.05, 0) is 26.0 Å². The predicted octanol–water partition coefficient (Wildman–Crippen LogP) is 1.94. The molecule has 0 spiro atoms. The van der Waals surface area contributed by atoms with E-state index in [1.54, 1.807) is 25.1 Å². The maximum atomic E-state index is 12.1. The first-order valence-electron chi connectivity index (χ1n) is 7.32. The van der Waals surface area contributed by atoms with Crippen LogP contribution >= 0.6 is 11.6 Å². The zero-order chi connectivity index (χ0) is 18.4. The topological polar surface area (TPSA) is 111 Å². The summed E-state index contributed by atoms with van der Waals surface area (Å²) < 4.78 is 9.65. The van der Waals surface area contributed by atoms with Crippen molar-refractivity contribution >= 4 is 35.2 Å². The van der Waals surface area contributed by atoms with Crippen molar-refractivity contribution < 1.29 is 23.6 Å². The highest BCUT2D eigenvalue weighted by molar-refractivity contribution is 6.33. The summed E-state index contributed by atoms with van der Waals surface area (Å²) in [5.74, 6) is -1.10. The molecule has 0 saturated heterocycles. The van der Waals surface area contributed by atoms with E-state index in [0.717, 1.165) is 0 Å². The van der Waals surface area contributed by atoms with Gasteiger partial charge in [0.1, 0.15) is 11.8 Å². The average Bonchev–Trinajstić information content (AvgIpc) is 2.97. The van der Waals surface area contributed by atoms with Gasteiger partial charge in [-0.15, -0.1) is 0 Å². The normalized spacial score (nSPS) is 11.5. The molecule has 8 nitrogen and oxygen atoms in total. The number of esters is 1. The molecular weight excluding hydrogens is 350 g/mol. The third-order valence-corrected chi connectivity index (χ3v) is 3.39. The second-order valence-corrected chi connectivity index (χ2v) is 5.56. The second-order valence-electron chi connectivity index (χ2n) is 5.15. The van der Waals surface area contributed by atoms with Gasteiger partial charge in [0.15, 0.2) is 12.4 Å². The third-order valence-electron chi connectivity index (χ3n) is 3.06. The van der Waals surface area contributed by atoms with Gasteiger partial charge >= 0.3 is 5.97 Å². The summed E-state index contributed by atoms with van der Waals surface area (Å²) in [5.41, 5.74) is 0.239. The van der Waals surface area contributed by atoms with Crippen LogP contribution in [0.3, 0.4) is 0 Å². The first-order chi connectivity index (χ1) is 11.9. The number of hydrogen-bond acceptors (Lipinski definition) is 6. The zero-order valence-corrected chi connectivity index (χ0v) is 14.3. The van der Waals surface area contributed by atoms with Gasteiger partial charge in [0.25, 0.3) is 11.8 Å². The largest absolute Gasteiger partial charge is 0.454 e. The van der Waals surface area contributed by atoms with E-state index in [9.17, 15) is 14.4 Å². The molecule has 1 atom stereocenters. The highest BCUT2D eigenvalue weighted by atomic mass is 35.5. The molecule has 2 amide bonds. The molecule has 0 fully saturated rings. The van der Waals surface area contributed by atoms with Gasteiger partial charge in [-0.25, -0.2) is 4.79 Å². The molecular formula is C16H16ClN3O5. The minimum Gasteiger partial charge on any atom is -0.454 e. The molecule has 0 aliphatic rings. The number of aryl methyl sites for hydroxylation is 1. The highest BCUT2D eigenvalue weighted by Crippen LogP contribution is 2.14. The molecule has 1 aromatic carbocycles. The number of anilines is 1. The Bertz CT molecular complexity index is 790. The molecule has 1 heterocycles. The number of carbonyl (C=O) groups excluding carboxylic acids is 3. The van der Waals surface area contributed by atoms with Crippen molar-refractivity contribution in [3.63, 3.8) is 0 Å². The fourth-order valence-corrected chi connectivity index (χ4v) is 2.07. The van der Waals surface area contributed by atoms with Crippen LogP contribution in [0.5, 0.6) is 0 Å². The number of nitrogens with zero attached hydrogens (tertiary/aromatic N) is 1. The summed E-state index contributed by atoms with van der Waals surface area (Å²) in [6, 6.07) is 7.00. The fraction of sp³-hybridized carbons (Fsp3) is 0.250. The Hall–Kier alpha value is -2.87. The smallest absolute Gasteiger partial charge is 0.328 e. The molecule has 0 unspecified atom stereocenters. The second kappa shape index (κ2) is 8.29. The molecule has 2 aromatic rings. The van der Waals surface area contributed by atoms with E-state index in [0.29, 0.717) is 5.76 Å². The molecule has 0 saturated carbocycles. The lowest BCUT2D eigenvalue weighted by Crippen LogP contribution is -2.40. The van der Waals surface area contributed by atoms with E-state index in [-0.39, 0.29) is 16.4 Å². The van der Waals surface area contributed by atoms with Crippen LogP contribution in [0.1, 0.15) is 23.0 Å². The van der Waals surface area contributed by atoms with E-state index in [1.807, 2.05) is 0 Å². The number of halogens is 1. The minimum absolute atomic E-state index is 0.221. The number of hydrogen-bond donors (Lipinski definition) is 2. The number of benzene rings is 1. The number of rotatable bonds is 6. The summed E-state index contributed by atoms with van der Waals surface area (Å²) in [4.78, 5) is 35.6. The van der Waals surface area contributed by atoms with Crippen LogP contribution in [0.2, 0.25) is 5.02 Å². The number of nitrogens with one attached hydrogen (secondary N) is 2. The molecule has 9 heteroatoms. The van der Waals surface area contributed by atoms with Gasteiger partial charge in [-0.2, -0.15) is 0 Å². The van der Waals surface area contributed by atoms with Gasteiger partial charge in [-0.3, -0.25) is 9.59 Å². The monoisotopic (exact) mass is 365 g/mol. The number of carbonyl (C=O) groups is 3. The maximum absolute atomic E-state index is 12.1. The molecule has 0 radical (unpaired) electrons. The summed E-state index contributed by atoms with van der Waals surface area (Å²) in [6.45, 7) is 2.60. The van der Waals surface area contributed by atoms with E-state index in [2.05, 4.69) is 15.8 Å². The molecule has 25 heavy (non-hydrogen) atoms. The Morgan fingerprint density at radius 2 is 2.04 bits per heavy atom. The Kier molecular flexibility index (Phi) is 6.13. The van der Waals surface area contributed by atoms with Crippen LogP contribution in [-0.2, 0) is 14.3 Å². The van der Waals surface area contributed by atoms with E-state index >= 15 is 0 Å². The first kappa shape index (κ1) is 18.5. The lowest BCUT2D eigenvalue weighted by Gasteiger charge is -2.13. The lowest BCUT2D eigenvalue weighted by atomic mass is 10.2. The van der Waals surface area contributed by atoms with Crippen LogP contribution in [0.15, 0.2) is 34.9 Å². The van der Waals surface area contributed by atoms with Crippen molar-refractivity contribution in [1.82, 2.24) is 10.5 Å². The summed E-state index contributed by atoms with van der Waals surface area (Å²) >= 11 is 5.92. The van der Waals surface area contributed by atoms with Crippen LogP contribution in [0.25, 0.3) is 0 Å². The van der Waals surface area contributed by atoms with Crippen LogP contribution in [-0.4, -0.2) is 35.6 Å². The van der Waals surface area contributed by atoms with Crippen LogP contribution < -0.4 is 10.6 Å². The molecule has 0 bridgehead atoms. The van der Waals surface area contributed by atoms with E-state index in [4.69, 9.17) is 20.9 Å². The number of aromatic nitrogens is 1. The minimum atomic E-state index is -0.953. The van der Waals surface area contributed by atoms with Gasteiger partial charge in [0.2, 0.25) is 0 Å². The van der Waals surface area contributed by atoms with Crippen molar-refractivity contribution in [2.24, 2.45) is 0 Å². The Morgan fingerprint density at radius 3 is 2.68 bits per heavy atom. The van der Waals surface area contributed by atoms with Gasteiger partial charge in [0.05, 0.1) is 10.6 Å². The van der Waals surface area contributed by atoms with Crippen LogP contribution in [0.4, 0.5) is 5.82 Å². The van der Waals surface area contributed by atoms with E-state index in [1.165, 1.54) is 19.1 Å². The van der Waals surface area contributed by atoms with Crippen molar-refractivity contribution in [3.8, 4) is 0 Å². The quantitative estimate of drug-likeness (QED) is 0.757. The Balaban J connectivity index is 1.81. The predicted molar refractivity (Wildman–Crippen MR) is 89.2 cm³/mol. The third kappa shape index (κ3) is 5.32. The zero-order valence-electron chi connectivity index (χ0n) is 13.5. The summed E-state index contributed by atoms with van der Waals surface area (Å²) in [5, 5.41) is 8.71. The summed E-state index contributed by atoms with van der Waals surface area (Å²) in [6.07, 6.45) is 0. The average molecular weight is 366 g/mol. The van der Waals surface area contributed by atoms with Crippen LogP contribution in [0, 0.1) is 6.92 Å². The van der Waals surface area contributed by atoms with Crippen molar-refractivity contribution in [3.05, 3.63) is 46.7 Å².